The average molecular weight is 235 g/mol. The fourth-order valence-corrected chi connectivity index (χ4v) is 1.74. The molecule has 0 aliphatic rings. The Morgan fingerprint density at radius 2 is 2.24 bits per heavy atom. The van der Waals surface area contributed by atoms with E-state index in [1.54, 1.807) is 30.1 Å². The van der Waals surface area contributed by atoms with Gasteiger partial charge in [-0.15, -0.1) is 5.10 Å². The molecule has 0 spiro atoms. The minimum Gasteiger partial charge on any atom is -0.392 e. The molecule has 2 rings (SSSR count). The van der Waals surface area contributed by atoms with Crippen molar-refractivity contribution >= 4 is 0 Å². The second-order valence-corrected chi connectivity index (χ2v) is 4.08. The molecule has 4 nitrogen and oxygen atoms in total. The average Bonchev–Trinajstić information content (AvgIpc) is 2.63. The molecular formula is C12H14FN3O. The minimum absolute atomic E-state index is 0.283. The number of aliphatic hydroxyl groups excluding tert-OH is 1. The molecule has 0 saturated heterocycles. The van der Waals surface area contributed by atoms with Crippen LogP contribution in [0.2, 0.25) is 0 Å². The Kier molecular flexibility index (Phi) is 3.49. The maximum Gasteiger partial charge on any atom is 0.123 e. The van der Waals surface area contributed by atoms with Crippen molar-refractivity contribution in [1.29, 1.82) is 0 Å². The summed E-state index contributed by atoms with van der Waals surface area (Å²) in [5, 5.41) is 17.5. The van der Waals surface area contributed by atoms with Gasteiger partial charge in [-0.1, -0.05) is 17.3 Å². The lowest BCUT2D eigenvalue weighted by Crippen LogP contribution is -2.14. The zero-order valence-electron chi connectivity index (χ0n) is 9.55. The standard InChI is InChI=1S/C12H14FN3O/c1-16-8-11(14-15-16)7-12(17)6-9-3-2-4-10(13)5-9/h2-5,8,12,17H,6-7H2,1H3. The van der Waals surface area contributed by atoms with Crippen LogP contribution in [-0.2, 0) is 19.9 Å². The summed E-state index contributed by atoms with van der Waals surface area (Å²) >= 11 is 0. The lowest BCUT2D eigenvalue weighted by atomic mass is 10.0. The van der Waals surface area contributed by atoms with Crippen LogP contribution in [0, 0.1) is 5.82 Å². The third-order valence-corrected chi connectivity index (χ3v) is 2.46. The van der Waals surface area contributed by atoms with Crippen molar-refractivity contribution in [3.8, 4) is 0 Å². The Morgan fingerprint density at radius 1 is 1.41 bits per heavy atom. The van der Waals surface area contributed by atoms with Crippen LogP contribution in [0.1, 0.15) is 11.3 Å². The molecule has 0 bridgehead atoms. The Labute approximate surface area is 98.7 Å². The number of benzene rings is 1. The number of hydrogen-bond donors (Lipinski definition) is 1. The highest BCUT2D eigenvalue weighted by atomic mass is 19.1. The number of aliphatic hydroxyl groups is 1. The van der Waals surface area contributed by atoms with Crippen molar-refractivity contribution in [3.63, 3.8) is 0 Å². The van der Waals surface area contributed by atoms with Crippen molar-refractivity contribution in [2.24, 2.45) is 7.05 Å². The summed E-state index contributed by atoms with van der Waals surface area (Å²) in [4.78, 5) is 0. The molecule has 0 saturated carbocycles. The second kappa shape index (κ2) is 5.05. The van der Waals surface area contributed by atoms with Crippen LogP contribution < -0.4 is 0 Å². The molecule has 1 atom stereocenters. The molecule has 2 aromatic rings. The minimum atomic E-state index is -0.575. The van der Waals surface area contributed by atoms with E-state index in [2.05, 4.69) is 10.3 Å². The first-order valence-electron chi connectivity index (χ1n) is 5.41. The molecule has 1 heterocycles. The number of aromatic nitrogens is 3. The fraction of sp³-hybridized carbons (Fsp3) is 0.333. The highest BCUT2D eigenvalue weighted by Crippen LogP contribution is 2.09. The molecule has 0 amide bonds. The Hall–Kier alpha value is -1.75. The van der Waals surface area contributed by atoms with Gasteiger partial charge in [-0.05, 0) is 24.1 Å². The first-order valence-corrected chi connectivity index (χ1v) is 5.41. The SMILES string of the molecule is Cn1cc(CC(O)Cc2cccc(F)c2)nn1. The van der Waals surface area contributed by atoms with E-state index in [-0.39, 0.29) is 5.82 Å². The van der Waals surface area contributed by atoms with E-state index in [0.29, 0.717) is 12.8 Å². The quantitative estimate of drug-likeness (QED) is 0.863. The van der Waals surface area contributed by atoms with Crippen LogP contribution in [0.15, 0.2) is 30.5 Å². The molecule has 17 heavy (non-hydrogen) atoms. The van der Waals surface area contributed by atoms with Crippen LogP contribution in [0.3, 0.4) is 0 Å². The number of halogens is 1. The van der Waals surface area contributed by atoms with Gasteiger partial charge in [-0.25, -0.2) is 4.39 Å². The Balaban J connectivity index is 1.95. The molecule has 1 aromatic carbocycles. The molecule has 0 aliphatic carbocycles. The van der Waals surface area contributed by atoms with Crippen LogP contribution in [0.5, 0.6) is 0 Å². The largest absolute Gasteiger partial charge is 0.392 e. The lowest BCUT2D eigenvalue weighted by molar-refractivity contribution is 0.174. The zero-order valence-corrected chi connectivity index (χ0v) is 9.55. The zero-order chi connectivity index (χ0) is 12.3. The lowest BCUT2D eigenvalue weighted by Gasteiger charge is -2.08. The monoisotopic (exact) mass is 235 g/mol. The van der Waals surface area contributed by atoms with Gasteiger partial charge in [0.15, 0.2) is 0 Å². The van der Waals surface area contributed by atoms with Crippen LogP contribution in [-0.4, -0.2) is 26.2 Å². The molecule has 1 unspecified atom stereocenters. The van der Waals surface area contributed by atoms with E-state index >= 15 is 0 Å². The van der Waals surface area contributed by atoms with Crippen LogP contribution in [0.4, 0.5) is 4.39 Å². The van der Waals surface area contributed by atoms with Gasteiger partial charge in [0.1, 0.15) is 5.82 Å². The molecule has 1 aromatic heterocycles. The van der Waals surface area contributed by atoms with E-state index in [4.69, 9.17) is 0 Å². The topological polar surface area (TPSA) is 50.9 Å². The maximum absolute atomic E-state index is 12.9. The fourth-order valence-electron chi connectivity index (χ4n) is 1.74. The first-order chi connectivity index (χ1) is 8.13. The van der Waals surface area contributed by atoms with Crippen molar-refractivity contribution in [2.45, 2.75) is 18.9 Å². The van der Waals surface area contributed by atoms with Crippen molar-refractivity contribution in [1.82, 2.24) is 15.0 Å². The van der Waals surface area contributed by atoms with Gasteiger partial charge in [0.2, 0.25) is 0 Å². The van der Waals surface area contributed by atoms with E-state index in [1.165, 1.54) is 12.1 Å². The summed E-state index contributed by atoms with van der Waals surface area (Å²) in [6, 6.07) is 6.25. The number of rotatable bonds is 4. The Morgan fingerprint density at radius 3 is 2.88 bits per heavy atom. The third kappa shape index (κ3) is 3.35. The van der Waals surface area contributed by atoms with E-state index < -0.39 is 6.10 Å². The number of hydrogen-bond acceptors (Lipinski definition) is 3. The summed E-state index contributed by atoms with van der Waals surface area (Å²) in [6.45, 7) is 0. The van der Waals surface area contributed by atoms with E-state index in [9.17, 15) is 9.50 Å². The van der Waals surface area contributed by atoms with Crippen LogP contribution in [0.25, 0.3) is 0 Å². The maximum atomic E-state index is 12.9. The van der Waals surface area contributed by atoms with E-state index in [1.807, 2.05) is 0 Å². The summed E-state index contributed by atoms with van der Waals surface area (Å²) in [5.41, 5.74) is 1.51. The van der Waals surface area contributed by atoms with Gasteiger partial charge < -0.3 is 5.11 Å². The van der Waals surface area contributed by atoms with Gasteiger partial charge in [-0.2, -0.15) is 0 Å². The van der Waals surface area contributed by atoms with Crippen molar-refractivity contribution < 1.29 is 9.50 Å². The van der Waals surface area contributed by atoms with Crippen LogP contribution >= 0.6 is 0 Å². The summed E-state index contributed by atoms with van der Waals surface area (Å²) < 4.78 is 14.5. The molecular weight excluding hydrogens is 221 g/mol. The van der Waals surface area contributed by atoms with Crippen molar-refractivity contribution in [3.05, 3.63) is 47.5 Å². The molecule has 5 heteroatoms. The van der Waals surface area contributed by atoms with Gasteiger partial charge >= 0.3 is 0 Å². The summed E-state index contributed by atoms with van der Waals surface area (Å²) in [5.74, 6) is -0.283. The molecule has 1 N–H and O–H groups in total. The van der Waals surface area contributed by atoms with Crippen molar-refractivity contribution in [2.75, 3.05) is 0 Å². The second-order valence-electron chi connectivity index (χ2n) is 4.08. The summed E-state index contributed by atoms with van der Waals surface area (Å²) in [7, 11) is 1.77. The van der Waals surface area contributed by atoms with Gasteiger partial charge in [0.25, 0.3) is 0 Å². The highest BCUT2D eigenvalue weighted by Gasteiger charge is 2.09. The van der Waals surface area contributed by atoms with Gasteiger partial charge in [0, 0.05) is 19.7 Å². The predicted molar refractivity (Wildman–Crippen MR) is 60.8 cm³/mol. The smallest absolute Gasteiger partial charge is 0.123 e. The normalized spacial score (nSPS) is 12.6. The molecule has 0 fully saturated rings. The number of aryl methyl sites for hydroxylation is 1. The summed E-state index contributed by atoms with van der Waals surface area (Å²) in [6.07, 6.45) is 2.02. The molecule has 0 radical (unpaired) electrons. The number of nitrogens with zero attached hydrogens (tertiary/aromatic N) is 3. The Bertz CT molecular complexity index is 498. The highest BCUT2D eigenvalue weighted by molar-refractivity contribution is 5.17. The van der Waals surface area contributed by atoms with Gasteiger partial charge in [-0.3, -0.25) is 4.68 Å². The predicted octanol–water partition coefficient (Wildman–Crippen LogP) is 1.10. The molecule has 0 aliphatic heterocycles. The van der Waals surface area contributed by atoms with E-state index in [0.717, 1.165) is 11.3 Å². The van der Waals surface area contributed by atoms with Gasteiger partial charge in [0.05, 0.1) is 11.8 Å². The molecule has 90 valence electrons. The first kappa shape index (κ1) is 11.7. The third-order valence-electron chi connectivity index (χ3n) is 2.46.